The topological polar surface area (TPSA) is 61.9 Å². The van der Waals surface area contributed by atoms with Gasteiger partial charge < -0.3 is 19.9 Å². The van der Waals surface area contributed by atoms with Crippen LogP contribution >= 0.6 is 0 Å². The Balaban J connectivity index is 1.50. The van der Waals surface area contributed by atoms with Crippen LogP contribution in [0.25, 0.3) is 0 Å². The Morgan fingerprint density at radius 2 is 1.86 bits per heavy atom. The number of fused-ring (bicyclic) bond motifs is 1. The number of rotatable bonds is 5. The van der Waals surface area contributed by atoms with Crippen LogP contribution in [0, 0.1) is 0 Å². The average Bonchev–Trinajstić information content (AvgIpc) is 3.18. The van der Waals surface area contributed by atoms with Crippen molar-refractivity contribution in [1.29, 1.82) is 0 Å². The second-order valence-corrected chi connectivity index (χ2v) is 7.62. The zero-order valence-corrected chi connectivity index (χ0v) is 17.0. The Morgan fingerprint density at radius 1 is 1.07 bits per heavy atom. The summed E-state index contributed by atoms with van der Waals surface area (Å²) in [5.74, 6) is 0.805. The molecule has 1 N–H and O–H groups in total. The van der Waals surface area contributed by atoms with Crippen molar-refractivity contribution in [2.75, 3.05) is 35.3 Å². The van der Waals surface area contributed by atoms with Gasteiger partial charge in [-0.3, -0.25) is 9.59 Å². The quantitative estimate of drug-likeness (QED) is 0.843. The van der Waals surface area contributed by atoms with Crippen LogP contribution in [0.3, 0.4) is 0 Å². The molecule has 0 saturated carbocycles. The molecule has 1 fully saturated rings. The molecule has 0 radical (unpaired) electrons. The molecule has 4 rings (SSSR count). The fraction of sp³-hybridized carbons (Fsp3) is 0.391. The van der Waals surface area contributed by atoms with Gasteiger partial charge in [-0.05, 0) is 49.9 Å². The second kappa shape index (κ2) is 8.15. The van der Waals surface area contributed by atoms with Gasteiger partial charge in [0, 0.05) is 37.0 Å². The average molecular weight is 393 g/mol. The normalized spacial score (nSPS) is 17.1. The summed E-state index contributed by atoms with van der Waals surface area (Å²) >= 11 is 0. The number of aryl methyl sites for hydroxylation is 1. The maximum absolute atomic E-state index is 13.1. The largest absolute Gasteiger partial charge is 0.494 e. The predicted octanol–water partition coefficient (Wildman–Crippen LogP) is 3.60. The molecule has 2 aromatic carbocycles. The van der Waals surface area contributed by atoms with E-state index < -0.39 is 0 Å². The highest BCUT2D eigenvalue weighted by Gasteiger charge is 2.27. The summed E-state index contributed by atoms with van der Waals surface area (Å²) in [4.78, 5) is 28.8. The molecule has 2 aliphatic heterocycles. The lowest BCUT2D eigenvalue weighted by Gasteiger charge is -2.32. The van der Waals surface area contributed by atoms with Gasteiger partial charge in [0.25, 0.3) is 0 Å². The summed E-state index contributed by atoms with van der Waals surface area (Å²) in [5.41, 5.74) is 3.81. The first-order chi connectivity index (χ1) is 14.1. The Hall–Kier alpha value is -3.02. The number of anilines is 3. The number of amides is 2. The highest BCUT2D eigenvalue weighted by Crippen LogP contribution is 2.34. The summed E-state index contributed by atoms with van der Waals surface area (Å²) < 4.78 is 5.52. The van der Waals surface area contributed by atoms with Crippen molar-refractivity contribution in [2.24, 2.45) is 0 Å². The van der Waals surface area contributed by atoms with E-state index in [1.54, 1.807) is 12.0 Å². The van der Waals surface area contributed by atoms with Crippen LogP contribution < -0.4 is 19.9 Å². The molecular formula is C23H27N3O3. The van der Waals surface area contributed by atoms with E-state index in [0.717, 1.165) is 42.9 Å². The highest BCUT2D eigenvalue weighted by atomic mass is 16.5. The van der Waals surface area contributed by atoms with Gasteiger partial charge in [-0.2, -0.15) is 0 Å². The molecule has 152 valence electrons. The Labute approximate surface area is 171 Å². The van der Waals surface area contributed by atoms with E-state index in [4.69, 9.17) is 4.74 Å². The van der Waals surface area contributed by atoms with Crippen LogP contribution in [-0.4, -0.2) is 38.1 Å². The van der Waals surface area contributed by atoms with Gasteiger partial charge >= 0.3 is 0 Å². The fourth-order valence-corrected chi connectivity index (χ4v) is 4.20. The molecule has 1 unspecified atom stereocenters. The number of benzene rings is 2. The van der Waals surface area contributed by atoms with Crippen molar-refractivity contribution in [3.63, 3.8) is 0 Å². The second-order valence-electron chi connectivity index (χ2n) is 7.62. The first-order valence-corrected chi connectivity index (χ1v) is 10.2. The number of hydrogen-bond acceptors (Lipinski definition) is 4. The Kier molecular flexibility index (Phi) is 5.43. The van der Waals surface area contributed by atoms with E-state index in [0.29, 0.717) is 18.7 Å². The molecular weight excluding hydrogens is 366 g/mol. The molecule has 2 amide bonds. The summed E-state index contributed by atoms with van der Waals surface area (Å²) in [5, 5.41) is 3.30. The van der Waals surface area contributed by atoms with E-state index >= 15 is 0 Å². The van der Waals surface area contributed by atoms with E-state index in [9.17, 15) is 9.59 Å². The molecule has 0 bridgehead atoms. The summed E-state index contributed by atoms with van der Waals surface area (Å²) in [7, 11) is 1.60. The highest BCUT2D eigenvalue weighted by molar-refractivity contribution is 6.00. The third-order valence-corrected chi connectivity index (χ3v) is 5.67. The monoisotopic (exact) mass is 393 g/mol. The first-order valence-electron chi connectivity index (χ1n) is 10.2. The van der Waals surface area contributed by atoms with E-state index in [2.05, 4.69) is 11.4 Å². The van der Waals surface area contributed by atoms with Crippen molar-refractivity contribution in [1.82, 2.24) is 0 Å². The zero-order valence-electron chi connectivity index (χ0n) is 17.0. The van der Waals surface area contributed by atoms with Crippen molar-refractivity contribution < 1.29 is 14.3 Å². The molecule has 2 aromatic rings. The third kappa shape index (κ3) is 3.79. The standard InChI is InChI=1S/C23H27N3O3/c1-16(23(28)26-14-5-8-17-7-3-4-9-19(17)26)24-18-11-12-20(21(15-18)29-2)25-13-6-10-22(25)27/h3-4,7,9,11-12,15-16,24H,5-6,8,10,13-14H2,1-2H3. The molecule has 2 aliphatic rings. The summed E-state index contributed by atoms with van der Waals surface area (Å²) in [6, 6.07) is 13.4. The van der Waals surface area contributed by atoms with Gasteiger partial charge in [0.15, 0.2) is 0 Å². The van der Waals surface area contributed by atoms with Crippen molar-refractivity contribution in [2.45, 2.75) is 38.6 Å². The minimum atomic E-state index is -0.384. The summed E-state index contributed by atoms with van der Waals surface area (Å²) in [6.45, 7) is 3.33. The number of carbonyl (C=O) groups excluding carboxylic acids is 2. The molecule has 6 heteroatoms. The van der Waals surface area contributed by atoms with Crippen LogP contribution in [0.15, 0.2) is 42.5 Å². The molecule has 0 aromatic heterocycles. The lowest BCUT2D eigenvalue weighted by Crippen LogP contribution is -2.44. The lowest BCUT2D eigenvalue weighted by molar-refractivity contribution is -0.119. The predicted molar refractivity (Wildman–Crippen MR) is 115 cm³/mol. The number of para-hydroxylation sites is 1. The SMILES string of the molecule is COc1cc(NC(C)C(=O)N2CCCc3ccccc32)ccc1N1CCCC1=O. The molecule has 6 nitrogen and oxygen atoms in total. The minimum absolute atomic E-state index is 0.0508. The molecule has 0 spiro atoms. The first kappa shape index (κ1) is 19.3. The summed E-state index contributed by atoms with van der Waals surface area (Å²) in [6.07, 6.45) is 3.42. The van der Waals surface area contributed by atoms with Gasteiger partial charge in [-0.15, -0.1) is 0 Å². The van der Waals surface area contributed by atoms with Gasteiger partial charge in [0.05, 0.1) is 12.8 Å². The van der Waals surface area contributed by atoms with E-state index in [1.807, 2.05) is 48.2 Å². The van der Waals surface area contributed by atoms with Crippen LogP contribution in [0.2, 0.25) is 0 Å². The van der Waals surface area contributed by atoms with Crippen molar-refractivity contribution in [3.05, 3.63) is 48.0 Å². The fourth-order valence-electron chi connectivity index (χ4n) is 4.20. The van der Waals surface area contributed by atoms with Gasteiger partial charge in [-0.25, -0.2) is 0 Å². The molecule has 29 heavy (non-hydrogen) atoms. The van der Waals surface area contributed by atoms with E-state index in [1.165, 1.54) is 5.56 Å². The Bertz CT molecular complexity index is 927. The smallest absolute Gasteiger partial charge is 0.249 e. The number of carbonyl (C=O) groups is 2. The van der Waals surface area contributed by atoms with Crippen LogP contribution in [0.1, 0.15) is 31.7 Å². The zero-order chi connectivity index (χ0) is 20.4. The minimum Gasteiger partial charge on any atom is -0.494 e. The number of hydrogen-bond donors (Lipinski definition) is 1. The van der Waals surface area contributed by atoms with Gasteiger partial charge in [-0.1, -0.05) is 18.2 Å². The number of nitrogens with one attached hydrogen (secondary N) is 1. The number of ether oxygens (including phenoxy) is 1. The van der Waals surface area contributed by atoms with Crippen molar-refractivity contribution >= 4 is 28.9 Å². The number of methoxy groups -OCH3 is 1. The van der Waals surface area contributed by atoms with Gasteiger partial charge in [0.1, 0.15) is 11.8 Å². The van der Waals surface area contributed by atoms with Crippen LogP contribution in [0.5, 0.6) is 5.75 Å². The molecule has 2 heterocycles. The van der Waals surface area contributed by atoms with E-state index in [-0.39, 0.29) is 17.9 Å². The van der Waals surface area contributed by atoms with Gasteiger partial charge in [0.2, 0.25) is 11.8 Å². The van der Waals surface area contributed by atoms with Crippen LogP contribution in [0.4, 0.5) is 17.1 Å². The lowest BCUT2D eigenvalue weighted by atomic mass is 10.0. The molecule has 1 saturated heterocycles. The molecule has 1 atom stereocenters. The maximum Gasteiger partial charge on any atom is 0.249 e. The molecule has 0 aliphatic carbocycles. The number of nitrogens with zero attached hydrogens (tertiary/aromatic N) is 2. The maximum atomic E-state index is 13.1. The van der Waals surface area contributed by atoms with Crippen molar-refractivity contribution in [3.8, 4) is 5.75 Å². The Morgan fingerprint density at radius 3 is 2.62 bits per heavy atom. The van der Waals surface area contributed by atoms with Crippen LogP contribution in [-0.2, 0) is 16.0 Å². The third-order valence-electron chi connectivity index (χ3n) is 5.67.